The van der Waals surface area contributed by atoms with E-state index in [0.29, 0.717) is 31.7 Å². The van der Waals surface area contributed by atoms with Crippen LogP contribution in [0.15, 0.2) is 35.6 Å². The number of amides is 1. The third-order valence-corrected chi connectivity index (χ3v) is 6.03. The molecule has 7 nitrogen and oxygen atoms in total. The van der Waals surface area contributed by atoms with Gasteiger partial charge >= 0.3 is 0 Å². The summed E-state index contributed by atoms with van der Waals surface area (Å²) >= 11 is 6.60. The number of hydrogen-bond donors (Lipinski definition) is 1. The summed E-state index contributed by atoms with van der Waals surface area (Å²) in [5.74, 6) is -0.982. The molecule has 1 amide bonds. The van der Waals surface area contributed by atoms with Gasteiger partial charge in [-0.05, 0) is 18.2 Å². The van der Waals surface area contributed by atoms with Gasteiger partial charge in [0.1, 0.15) is 28.9 Å². The van der Waals surface area contributed by atoms with Gasteiger partial charge in [-0.3, -0.25) is 14.5 Å². The Morgan fingerprint density at radius 2 is 2.17 bits per heavy atom. The maximum atomic E-state index is 14.5. The predicted molar refractivity (Wildman–Crippen MR) is 110 cm³/mol. The van der Waals surface area contributed by atoms with Gasteiger partial charge in [0, 0.05) is 33.2 Å². The normalized spacial score (nSPS) is 18.8. The number of ether oxygens (including phenoxy) is 1. The average Bonchev–Trinajstić information content (AvgIpc) is 2.93. The fourth-order valence-electron chi connectivity index (χ4n) is 4.07. The molecule has 0 saturated carbocycles. The van der Waals surface area contributed by atoms with Crippen LogP contribution in [0.3, 0.4) is 0 Å². The number of hydrogen-bond acceptors (Lipinski definition) is 5. The molecule has 1 aromatic heterocycles. The zero-order valence-corrected chi connectivity index (χ0v) is 17.2. The molecule has 1 N–H and O–H groups in total. The molecule has 2 aromatic rings. The molecule has 1 atom stereocenters. The van der Waals surface area contributed by atoms with E-state index in [9.17, 15) is 19.1 Å². The van der Waals surface area contributed by atoms with Crippen molar-refractivity contribution < 1.29 is 19.0 Å². The van der Waals surface area contributed by atoms with Crippen LogP contribution >= 0.6 is 11.6 Å². The van der Waals surface area contributed by atoms with E-state index in [-0.39, 0.29) is 51.9 Å². The molecule has 158 valence electrons. The van der Waals surface area contributed by atoms with Crippen molar-refractivity contribution in [2.75, 3.05) is 26.2 Å². The molecule has 0 bridgehead atoms. The van der Waals surface area contributed by atoms with Crippen LogP contribution in [0.25, 0.3) is 11.3 Å². The number of aromatic nitrogens is 1. The van der Waals surface area contributed by atoms with E-state index < -0.39 is 5.82 Å². The van der Waals surface area contributed by atoms with Gasteiger partial charge < -0.3 is 19.3 Å². The predicted octanol–water partition coefficient (Wildman–Crippen LogP) is 2.14. The summed E-state index contributed by atoms with van der Waals surface area (Å²) in [6.45, 7) is 5.57. The maximum Gasteiger partial charge on any atom is 0.259 e. The van der Waals surface area contributed by atoms with E-state index in [1.807, 2.05) is 0 Å². The summed E-state index contributed by atoms with van der Waals surface area (Å²) in [4.78, 5) is 28.9. The van der Waals surface area contributed by atoms with Crippen LogP contribution in [0.1, 0.15) is 5.56 Å². The van der Waals surface area contributed by atoms with Gasteiger partial charge in [0.25, 0.3) is 5.56 Å². The SMILES string of the molecule is C=CC(=O)N1CCN2Cc3c(c(Cl)c(-c4c(O)cccc4F)n(C)c3=O)OCC2C1. The Morgan fingerprint density at radius 1 is 1.40 bits per heavy atom. The quantitative estimate of drug-likeness (QED) is 0.734. The molecule has 0 aliphatic carbocycles. The second kappa shape index (κ2) is 7.77. The molecular weight excluding hydrogens is 413 g/mol. The van der Waals surface area contributed by atoms with Crippen LogP contribution in [0.2, 0.25) is 5.02 Å². The smallest absolute Gasteiger partial charge is 0.259 e. The zero-order valence-electron chi connectivity index (χ0n) is 16.4. The van der Waals surface area contributed by atoms with Crippen molar-refractivity contribution in [2.24, 2.45) is 7.05 Å². The zero-order chi connectivity index (χ0) is 21.6. The Bertz CT molecular complexity index is 1080. The van der Waals surface area contributed by atoms with Gasteiger partial charge in [0.05, 0.1) is 22.9 Å². The van der Waals surface area contributed by atoms with Crippen molar-refractivity contribution in [1.29, 1.82) is 0 Å². The van der Waals surface area contributed by atoms with Crippen LogP contribution in [0, 0.1) is 5.82 Å². The lowest BCUT2D eigenvalue weighted by Crippen LogP contribution is -2.55. The average molecular weight is 434 g/mol. The number of pyridine rings is 1. The van der Waals surface area contributed by atoms with E-state index in [1.54, 1.807) is 4.90 Å². The molecule has 1 unspecified atom stereocenters. The molecule has 1 aromatic carbocycles. The Morgan fingerprint density at radius 3 is 2.87 bits per heavy atom. The summed E-state index contributed by atoms with van der Waals surface area (Å²) in [6, 6.07) is 3.76. The van der Waals surface area contributed by atoms with E-state index in [4.69, 9.17) is 16.3 Å². The lowest BCUT2D eigenvalue weighted by Gasteiger charge is -2.39. The first-order valence-electron chi connectivity index (χ1n) is 9.50. The number of halogens is 2. The number of piperazine rings is 1. The number of fused-ring (bicyclic) bond motifs is 2. The number of benzene rings is 1. The monoisotopic (exact) mass is 433 g/mol. The Kier molecular flexibility index (Phi) is 5.29. The molecule has 4 rings (SSSR count). The van der Waals surface area contributed by atoms with Crippen LogP contribution < -0.4 is 10.3 Å². The molecule has 0 radical (unpaired) electrons. The molecule has 9 heteroatoms. The lowest BCUT2D eigenvalue weighted by atomic mass is 10.1. The topological polar surface area (TPSA) is 75.0 Å². The van der Waals surface area contributed by atoms with E-state index in [2.05, 4.69) is 11.5 Å². The first kappa shape index (κ1) is 20.4. The Labute approximate surface area is 177 Å². The molecule has 1 fully saturated rings. The fraction of sp³-hybridized carbons (Fsp3) is 0.333. The summed E-state index contributed by atoms with van der Waals surface area (Å²) in [7, 11) is 1.48. The number of aromatic hydroxyl groups is 1. The van der Waals surface area contributed by atoms with E-state index >= 15 is 0 Å². The minimum Gasteiger partial charge on any atom is -0.507 e. The molecule has 2 aliphatic heterocycles. The third-order valence-electron chi connectivity index (χ3n) is 5.68. The molecule has 2 aliphatic rings. The number of carbonyl (C=O) groups is 1. The van der Waals surface area contributed by atoms with E-state index in [1.165, 1.54) is 35.9 Å². The van der Waals surface area contributed by atoms with E-state index in [0.717, 1.165) is 0 Å². The Balaban J connectivity index is 1.78. The molecule has 30 heavy (non-hydrogen) atoms. The molecule has 1 saturated heterocycles. The van der Waals surface area contributed by atoms with Crippen LogP contribution in [0.4, 0.5) is 4.39 Å². The molecular formula is C21H21ClFN3O4. The van der Waals surface area contributed by atoms with Crippen LogP contribution in [-0.2, 0) is 18.4 Å². The van der Waals surface area contributed by atoms with Gasteiger partial charge in [-0.25, -0.2) is 4.39 Å². The first-order chi connectivity index (χ1) is 14.3. The standard InChI is InChI=1S/C21H21ClFN3O4/c1-3-16(28)26-8-7-25-10-13-20(30-11-12(25)9-26)18(22)19(24(2)21(13)29)17-14(23)5-4-6-15(17)27/h3-6,12,27H,1,7-11H2,2H3. The van der Waals surface area contributed by atoms with Crippen molar-refractivity contribution in [3.63, 3.8) is 0 Å². The van der Waals surface area contributed by atoms with Gasteiger partial charge in [-0.2, -0.15) is 0 Å². The molecule has 3 heterocycles. The third kappa shape index (κ3) is 3.26. The van der Waals surface area contributed by atoms with Crippen molar-refractivity contribution in [3.05, 3.63) is 57.6 Å². The van der Waals surface area contributed by atoms with Crippen molar-refractivity contribution in [1.82, 2.24) is 14.4 Å². The number of nitrogens with zero attached hydrogens (tertiary/aromatic N) is 3. The highest BCUT2D eigenvalue weighted by Gasteiger charge is 2.35. The maximum absolute atomic E-state index is 14.5. The molecule has 0 spiro atoms. The van der Waals surface area contributed by atoms with Gasteiger partial charge in [-0.1, -0.05) is 24.2 Å². The summed E-state index contributed by atoms with van der Waals surface area (Å²) in [6.07, 6.45) is 1.28. The number of carbonyl (C=O) groups excluding carboxylic acids is 1. The largest absolute Gasteiger partial charge is 0.507 e. The highest BCUT2D eigenvalue weighted by atomic mass is 35.5. The first-order valence-corrected chi connectivity index (χ1v) is 9.88. The highest BCUT2D eigenvalue weighted by molar-refractivity contribution is 6.34. The number of phenols is 1. The minimum atomic E-state index is -0.698. The van der Waals surface area contributed by atoms with Crippen molar-refractivity contribution in [2.45, 2.75) is 12.6 Å². The van der Waals surface area contributed by atoms with Crippen molar-refractivity contribution >= 4 is 17.5 Å². The number of rotatable bonds is 2. The van der Waals surface area contributed by atoms with Gasteiger partial charge in [0.15, 0.2) is 0 Å². The second-order valence-corrected chi connectivity index (χ2v) is 7.77. The van der Waals surface area contributed by atoms with Crippen LogP contribution in [-0.4, -0.2) is 57.7 Å². The fourth-order valence-corrected chi connectivity index (χ4v) is 4.46. The lowest BCUT2D eigenvalue weighted by molar-refractivity contribution is -0.129. The van der Waals surface area contributed by atoms with Gasteiger partial charge in [-0.15, -0.1) is 0 Å². The van der Waals surface area contributed by atoms with Crippen molar-refractivity contribution in [3.8, 4) is 22.8 Å². The second-order valence-electron chi connectivity index (χ2n) is 7.39. The Hall–Kier alpha value is -2.84. The highest BCUT2D eigenvalue weighted by Crippen LogP contribution is 2.42. The van der Waals surface area contributed by atoms with Gasteiger partial charge in [0.2, 0.25) is 5.91 Å². The summed E-state index contributed by atoms with van der Waals surface area (Å²) in [5.41, 5.74) is -0.108. The number of phenolic OH excluding ortho intramolecular Hbond substituents is 1. The minimum absolute atomic E-state index is 0.0550. The summed E-state index contributed by atoms with van der Waals surface area (Å²) in [5, 5.41) is 10.3. The van der Waals surface area contributed by atoms with Crippen LogP contribution in [0.5, 0.6) is 11.5 Å². The summed E-state index contributed by atoms with van der Waals surface area (Å²) < 4.78 is 21.7.